The molecule has 3 N–H and O–H groups in total. The number of nitrogens with one attached hydrogen (secondary N) is 1. The number of benzene rings is 1. The van der Waals surface area contributed by atoms with Gasteiger partial charge in [-0.1, -0.05) is 23.9 Å². The number of carbonyl (C=O) groups is 1. The molecule has 0 aliphatic carbocycles. The first-order valence-electron chi connectivity index (χ1n) is 4.92. The predicted molar refractivity (Wildman–Crippen MR) is 66.7 cm³/mol. The average molecular weight is 249 g/mol. The Kier molecular flexibility index (Phi) is 3.66. The van der Waals surface area contributed by atoms with Gasteiger partial charge in [0.15, 0.2) is 0 Å². The molecule has 5 nitrogen and oxygen atoms in total. The van der Waals surface area contributed by atoms with Crippen molar-refractivity contribution in [1.29, 1.82) is 0 Å². The Balaban J connectivity index is 1.87. The maximum Gasteiger partial charge on any atom is 0.256 e. The molecule has 0 aliphatic heterocycles. The van der Waals surface area contributed by atoms with E-state index in [4.69, 9.17) is 10.2 Å². The van der Waals surface area contributed by atoms with Crippen molar-refractivity contribution < 1.29 is 9.21 Å². The van der Waals surface area contributed by atoms with Crippen LogP contribution in [0.1, 0.15) is 0 Å². The van der Waals surface area contributed by atoms with E-state index in [0.717, 1.165) is 0 Å². The summed E-state index contributed by atoms with van der Waals surface area (Å²) < 4.78 is 5.00. The Morgan fingerprint density at radius 3 is 3.00 bits per heavy atom. The van der Waals surface area contributed by atoms with Crippen LogP contribution >= 0.6 is 11.8 Å². The number of thioether (sulfide) groups is 1. The summed E-state index contributed by atoms with van der Waals surface area (Å²) in [5, 5.41) is 3.19. The SMILES string of the molecule is Nc1ccccc1NC(=O)CSc1ncco1. The van der Waals surface area contributed by atoms with Crippen molar-refractivity contribution in [2.45, 2.75) is 5.22 Å². The zero-order valence-corrected chi connectivity index (χ0v) is 9.74. The van der Waals surface area contributed by atoms with Crippen LogP contribution in [0.15, 0.2) is 46.4 Å². The van der Waals surface area contributed by atoms with Gasteiger partial charge in [-0.3, -0.25) is 4.79 Å². The van der Waals surface area contributed by atoms with Crippen molar-refractivity contribution in [2.24, 2.45) is 0 Å². The topological polar surface area (TPSA) is 81.1 Å². The lowest BCUT2D eigenvalue weighted by Crippen LogP contribution is -2.15. The summed E-state index contributed by atoms with van der Waals surface area (Å²) in [5.41, 5.74) is 6.87. The average Bonchev–Trinajstić information content (AvgIpc) is 2.82. The minimum Gasteiger partial charge on any atom is -0.440 e. The second kappa shape index (κ2) is 5.40. The van der Waals surface area contributed by atoms with Gasteiger partial charge in [0.25, 0.3) is 5.22 Å². The fraction of sp³-hybridized carbons (Fsp3) is 0.0909. The summed E-state index contributed by atoms with van der Waals surface area (Å²) in [6, 6.07) is 7.11. The van der Waals surface area contributed by atoms with E-state index in [2.05, 4.69) is 10.3 Å². The second-order valence-corrected chi connectivity index (χ2v) is 4.15. The summed E-state index contributed by atoms with van der Waals surface area (Å²) in [4.78, 5) is 15.5. The lowest BCUT2D eigenvalue weighted by Gasteiger charge is -2.06. The monoisotopic (exact) mass is 249 g/mol. The fourth-order valence-corrected chi connectivity index (χ4v) is 1.79. The summed E-state index contributed by atoms with van der Waals surface area (Å²) >= 11 is 1.23. The minimum absolute atomic E-state index is 0.147. The first kappa shape index (κ1) is 11.5. The van der Waals surface area contributed by atoms with Crippen molar-refractivity contribution in [2.75, 3.05) is 16.8 Å². The van der Waals surface area contributed by atoms with Gasteiger partial charge < -0.3 is 15.5 Å². The molecule has 2 rings (SSSR count). The number of nitrogen functional groups attached to an aromatic ring is 1. The molecular weight excluding hydrogens is 238 g/mol. The van der Waals surface area contributed by atoms with Crippen LogP contribution in [0.5, 0.6) is 0 Å². The van der Waals surface area contributed by atoms with Gasteiger partial charge in [0.2, 0.25) is 5.91 Å². The Hall–Kier alpha value is -1.95. The molecule has 0 unspecified atom stereocenters. The third kappa shape index (κ3) is 3.25. The predicted octanol–water partition coefficient (Wildman–Crippen LogP) is 1.99. The fourth-order valence-electron chi connectivity index (χ4n) is 1.21. The Bertz CT molecular complexity index is 499. The number of oxazole rings is 1. The Labute approximate surface area is 102 Å². The summed E-state index contributed by atoms with van der Waals surface area (Å²) in [6.07, 6.45) is 3.00. The van der Waals surface area contributed by atoms with Crippen LogP contribution in [0, 0.1) is 0 Å². The summed E-state index contributed by atoms with van der Waals surface area (Å²) in [6.45, 7) is 0. The number of hydrogen-bond acceptors (Lipinski definition) is 5. The van der Waals surface area contributed by atoms with Crippen molar-refractivity contribution in [3.8, 4) is 0 Å². The number of para-hydroxylation sites is 2. The van der Waals surface area contributed by atoms with Crippen LogP contribution in [-0.2, 0) is 4.79 Å². The molecule has 0 fully saturated rings. The smallest absolute Gasteiger partial charge is 0.256 e. The van der Waals surface area contributed by atoms with Gasteiger partial charge in [-0.25, -0.2) is 4.98 Å². The van der Waals surface area contributed by atoms with Gasteiger partial charge in [0.1, 0.15) is 6.26 Å². The zero-order valence-electron chi connectivity index (χ0n) is 8.92. The normalized spacial score (nSPS) is 10.1. The number of amides is 1. The molecule has 1 aromatic carbocycles. The minimum atomic E-state index is -0.147. The lowest BCUT2D eigenvalue weighted by molar-refractivity contribution is -0.113. The van der Waals surface area contributed by atoms with E-state index in [1.165, 1.54) is 24.2 Å². The maximum absolute atomic E-state index is 11.6. The highest BCUT2D eigenvalue weighted by Crippen LogP contribution is 2.18. The summed E-state index contributed by atoms with van der Waals surface area (Å²) in [5.74, 6) is 0.0839. The van der Waals surface area contributed by atoms with E-state index in [1.807, 2.05) is 12.1 Å². The van der Waals surface area contributed by atoms with Crippen molar-refractivity contribution in [1.82, 2.24) is 4.98 Å². The molecule has 0 saturated heterocycles. The van der Waals surface area contributed by atoms with Crippen LogP contribution < -0.4 is 11.1 Å². The highest BCUT2D eigenvalue weighted by molar-refractivity contribution is 7.99. The molecule has 1 amide bonds. The number of carbonyl (C=O) groups excluding carboxylic acids is 1. The van der Waals surface area contributed by atoms with Gasteiger partial charge in [-0.05, 0) is 12.1 Å². The van der Waals surface area contributed by atoms with Crippen LogP contribution in [0.25, 0.3) is 0 Å². The van der Waals surface area contributed by atoms with Gasteiger partial charge >= 0.3 is 0 Å². The van der Waals surface area contributed by atoms with E-state index >= 15 is 0 Å². The molecule has 1 heterocycles. The standard InChI is InChI=1S/C11H11N3O2S/c12-8-3-1-2-4-9(8)14-10(15)7-17-11-13-5-6-16-11/h1-6H,7,12H2,(H,14,15). The number of rotatable bonds is 4. The first-order valence-corrected chi connectivity index (χ1v) is 5.91. The van der Waals surface area contributed by atoms with Gasteiger partial charge in [-0.2, -0.15) is 0 Å². The molecule has 17 heavy (non-hydrogen) atoms. The van der Waals surface area contributed by atoms with Crippen molar-refractivity contribution in [3.63, 3.8) is 0 Å². The first-order chi connectivity index (χ1) is 8.25. The molecule has 0 radical (unpaired) electrons. The molecule has 0 saturated carbocycles. The van der Waals surface area contributed by atoms with Crippen LogP contribution in [0.4, 0.5) is 11.4 Å². The van der Waals surface area contributed by atoms with Crippen molar-refractivity contribution in [3.05, 3.63) is 36.7 Å². The Morgan fingerprint density at radius 1 is 1.47 bits per heavy atom. The third-order valence-electron chi connectivity index (χ3n) is 1.97. The third-order valence-corrected chi connectivity index (χ3v) is 2.83. The molecule has 0 bridgehead atoms. The van der Waals surface area contributed by atoms with Crippen molar-refractivity contribution >= 4 is 29.0 Å². The van der Waals surface area contributed by atoms with E-state index in [9.17, 15) is 4.79 Å². The quantitative estimate of drug-likeness (QED) is 0.639. The zero-order chi connectivity index (χ0) is 12.1. The largest absolute Gasteiger partial charge is 0.440 e. The second-order valence-electron chi connectivity index (χ2n) is 3.22. The molecular formula is C11H11N3O2S. The number of anilines is 2. The molecule has 6 heteroatoms. The van der Waals surface area contributed by atoms with Crippen LogP contribution in [-0.4, -0.2) is 16.6 Å². The summed E-state index contributed by atoms with van der Waals surface area (Å²) in [7, 11) is 0. The number of aromatic nitrogens is 1. The van der Waals surface area contributed by atoms with Crippen LogP contribution in [0.2, 0.25) is 0 Å². The molecule has 0 atom stereocenters. The van der Waals surface area contributed by atoms with Gasteiger partial charge in [-0.15, -0.1) is 0 Å². The highest BCUT2D eigenvalue weighted by Gasteiger charge is 2.07. The van der Waals surface area contributed by atoms with E-state index in [0.29, 0.717) is 16.6 Å². The van der Waals surface area contributed by atoms with E-state index in [-0.39, 0.29) is 11.7 Å². The maximum atomic E-state index is 11.6. The highest BCUT2D eigenvalue weighted by atomic mass is 32.2. The number of nitrogens with two attached hydrogens (primary N) is 1. The van der Waals surface area contributed by atoms with Gasteiger partial charge in [0, 0.05) is 0 Å². The number of hydrogen-bond donors (Lipinski definition) is 2. The van der Waals surface area contributed by atoms with Gasteiger partial charge in [0.05, 0.1) is 23.3 Å². The Morgan fingerprint density at radius 2 is 2.29 bits per heavy atom. The molecule has 1 aromatic heterocycles. The molecule has 88 valence electrons. The van der Waals surface area contributed by atoms with E-state index in [1.54, 1.807) is 12.1 Å². The van der Waals surface area contributed by atoms with E-state index < -0.39 is 0 Å². The lowest BCUT2D eigenvalue weighted by atomic mass is 10.3. The molecule has 0 spiro atoms. The number of nitrogens with zero attached hydrogens (tertiary/aromatic N) is 1. The molecule has 2 aromatic rings. The van der Waals surface area contributed by atoms with Crippen LogP contribution in [0.3, 0.4) is 0 Å². The molecule has 0 aliphatic rings.